The zero-order valence-corrected chi connectivity index (χ0v) is 16.1. The number of thiazole rings is 1. The molecule has 0 unspecified atom stereocenters. The molecule has 2 atom stereocenters. The van der Waals surface area contributed by atoms with Gasteiger partial charge in [-0.15, -0.1) is 11.3 Å². The third kappa shape index (κ3) is 2.89. The lowest BCUT2D eigenvalue weighted by Gasteiger charge is -2.38. The fourth-order valence-electron chi connectivity index (χ4n) is 4.37. The average Bonchev–Trinajstić information content (AvgIpc) is 3.40. The van der Waals surface area contributed by atoms with Gasteiger partial charge in [-0.3, -0.25) is 9.69 Å². The van der Waals surface area contributed by atoms with E-state index in [-0.39, 0.29) is 11.9 Å². The van der Waals surface area contributed by atoms with E-state index in [1.54, 1.807) is 11.3 Å². The van der Waals surface area contributed by atoms with Gasteiger partial charge in [0.05, 0.1) is 23.3 Å². The highest BCUT2D eigenvalue weighted by Gasteiger charge is 2.44. The molecule has 1 fully saturated rings. The second-order valence-electron chi connectivity index (χ2n) is 7.41. The van der Waals surface area contributed by atoms with Crippen LogP contribution in [0.2, 0.25) is 0 Å². The number of carbonyl (C=O) groups excluding carboxylic acids is 1. The largest absolute Gasteiger partial charge is 0.337 e. The first-order valence-corrected chi connectivity index (χ1v) is 10.2. The van der Waals surface area contributed by atoms with Gasteiger partial charge in [0.15, 0.2) is 0 Å². The summed E-state index contributed by atoms with van der Waals surface area (Å²) in [6.45, 7) is 5.51. The van der Waals surface area contributed by atoms with Gasteiger partial charge < -0.3 is 9.47 Å². The summed E-state index contributed by atoms with van der Waals surface area (Å²) >= 11 is 1.72. The molecule has 2 aromatic heterocycles. The first kappa shape index (κ1) is 16.7. The van der Waals surface area contributed by atoms with Crippen molar-refractivity contribution < 1.29 is 4.79 Å². The summed E-state index contributed by atoms with van der Waals surface area (Å²) in [5.74, 6) is 0.140. The Kier molecular flexibility index (Phi) is 4.10. The molecule has 6 heteroatoms. The number of hydrogen-bond acceptors (Lipinski definition) is 4. The molecule has 0 N–H and O–H groups in total. The van der Waals surface area contributed by atoms with Gasteiger partial charge in [0.25, 0.3) is 5.91 Å². The van der Waals surface area contributed by atoms with Gasteiger partial charge in [-0.1, -0.05) is 30.3 Å². The van der Waals surface area contributed by atoms with Crippen molar-refractivity contribution in [2.24, 2.45) is 0 Å². The summed E-state index contributed by atoms with van der Waals surface area (Å²) in [6, 6.07) is 14.8. The van der Waals surface area contributed by atoms with Gasteiger partial charge >= 0.3 is 0 Å². The number of hydrogen-bond donors (Lipinski definition) is 0. The third-order valence-corrected chi connectivity index (χ3v) is 6.68. The Morgan fingerprint density at radius 2 is 1.89 bits per heavy atom. The lowest BCUT2D eigenvalue weighted by Crippen LogP contribution is -2.49. The van der Waals surface area contributed by atoms with Crippen molar-refractivity contribution in [3.05, 3.63) is 76.0 Å². The average molecular weight is 379 g/mol. The number of amides is 1. The van der Waals surface area contributed by atoms with Gasteiger partial charge in [-0.05, 0) is 24.6 Å². The molecule has 27 heavy (non-hydrogen) atoms. The lowest BCUT2D eigenvalue weighted by molar-refractivity contribution is 0.0556. The summed E-state index contributed by atoms with van der Waals surface area (Å²) in [5, 5.41) is 0. The molecular weight excluding hydrogens is 356 g/mol. The van der Waals surface area contributed by atoms with Crippen LogP contribution < -0.4 is 0 Å². The molecule has 0 bridgehead atoms. The molecule has 4 heterocycles. The lowest BCUT2D eigenvalue weighted by atomic mass is 10.0. The molecule has 1 aromatic carbocycles. The van der Waals surface area contributed by atoms with Gasteiger partial charge in [0.1, 0.15) is 5.69 Å². The predicted octanol–water partition coefficient (Wildman–Crippen LogP) is 3.33. The number of likely N-dealkylation sites (tertiary alicyclic amines) is 1. The van der Waals surface area contributed by atoms with E-state index < -0.39 is 0 Å². The molecule has 0 saturated carbocycles. The van der Waals surface area contributed by atoms with Crippen LogP contribution in [0.15, 0.2) is 54.2 Å². The van der Waals surface area contributed by atoms with Crippen LogP contribution in [0.3, 0.4) is 0 Å². The molecular formula is C21H22N4OS. The van der Waals surface area contributed by atoms with Crippen LogP contribution in [0.25, 0.3) is 0 Å². The minimum absolute atomic E-state index is 0.140. The van der Waals surface area contributed by atoms with Crippen LogP contribution in [0, 0.1) is 6.92 Å². The van der Waals surface area contributed by atoms with Crippen molar-refractivity contribution in [2.75, 3.05) is 13.1 Å². The maximum Gasteiger partial charge on any atom is 0.271 e. The van der Waals surface area contributed by atoms with E-state index in [0.717, 1.165) is 31.0 Å². The van der Waals surface area contributed by atoms with Gasteiger partial charge in [-0.2, -0.15) is 0 Å². The summed E-state index contributed by atoms with van der Waals surface area (Å²) in [5.41, 5.74) is 5.03. The van der Waals surface area contributed by atoms with Crippen LogP contribution in [0.1, 0.15) is 32.7 Å². The van der Waals surface area contributed by atoms with Crippen molar-refractivity contribution >= 4 is 17.2 Å². The Labute approximate surface area is 162 Å². The molecule has 5 nitrogen and oxygen atoms in total. The minimum atomic E-state index is 0.140. The monoisotopic (exact) mass is 378 g/mol. The summed E-state index contributed by atoms with van der Waals surface area (Å²) < 4.78 is 2.19. The highest BCUT2D eigenvalue weighted by atomic mass is 32.1. The fourth-order valence-corrected chi connectivity index (χ4v) is 5.19. The molecule has 2 aliphatic rings. The van der Waals surface area contributed by atoms with Crippen molar-refractivity contribution in [3.8, 4) is 0 Å². The number of fused-ring (bicyclic) bond motifs is 3. The van der Waals surface area contributed by atoms with E-state index in [1.807, 2.05) is 35.8 Å². The number of rotatable bonds is 4. The van der Waals surface area contributed by atoms with Crippen LogP contribution in [-0.4, -0.2) is 44.4 Å². The molecule has 5 rings (SSSR count). The maximum absolute atomic E-state index is 13.2. The highest BCUT2D eigenvalue weighted by molar-refractivity contribution is 7.09. The summed E-state index contributed by atoms with van der Waals surface area (Å²) in [4.78, 5) is 23.4. The van der Waals surface area contributed by atoms with Crippen molar-refractivity contribution in [2.45, 2.75) is 32.1 Å². The first-order valence-electron chi connectivity index (χ1n) is 9.34. The zero-order valence-electron chi connectivity index (χ0n) is 15.3. The Morgan fingerprint density at radius 3 is 2.67 bits per heavy atom. The SMILES string of the molecule is Cc1ncsc1CN1C[C@@H]2[C@H](C1)n1cccc1C(=O)N2Cc1ccccc1. The van der Waals surface area contributed by atoms with Crippen LogP contribution >= 0.6 is 11.3 Å². The van der Waals surface area contributed by atoms with Crippen molar-refractivity contribution in [3.63, 3.8) is 0 Å². The Bertz CT molecular complexity index is 963. The van der Waals surface area contributed by atoms with Crippen LogP contribution in [0.5, 0.6) is 0 Å². The number of aromatic nitrogens is 2. The van der Waals surface area contributed by atoms with Gasteiger partial charge in [-0.25, -0.2) is 4.98 Å². The van der Waals surface area contributed by atoms with Gasteiger partial charge in [0, 0.05) is 37.3 Å². The second-order valence-corrected chi connectivity index (χ2v) is 8.35. The maximum atomic E-state index is 13.2. The van der Waals surface area contributed by atoms with Crippen molar-refractivity contribution in [1.29, 1.82) is 0 Å². The van der Waals surface area contributed by atoms with Gasteiger partial charge in [0.2, 0.25) is 0 Å². The first-order chi connectivity index (χ1) is 13.2. The molecule has 0 radical (unpaired) electrons. The van der Waals surface area contributed by atoms with E-state index in [1.165, 1.54) is 10.4 Å². The van der Waals surface area contributed by atoms with Crippen molar-refractivity contribution in [1.82, 2.24) is 19.4 Å². The number of carbonyl (C=O) groups is 1. The fraction of sp³-hybridized carbons (Fsp3) is 0.333. The third-order valence-electron chi connectivity index (χ3n) is 5.76. The topological polar surface area (TPSA) is 41.4 Å². The van der Waals surface area contributed by atoms with Crippen LogP contribution in [0.4, 0.5) is 0 Å². The van der Waals surface area contributed by atoms with E-state index in [9.17, 15) is 4.79 Å². The summed E-state index contributed by atoms with van der Waals surface area (Å²) in [6.07, 6.45) is 2.06. The molecule has 0 aliphatic carbocycles. The van der Waals surface area contributed by atoms with E-state index >= 15 is 0 Å². The Hall–Kier alpha value is -2.44. The molecule has 1 saturated heterocycles. The van der Waals surface area contributed by atoms with E-state index in [2.05, 4.69) is 44.6 Å². The van der Waals surface area contributed by atoms with Crippen LogP contribution in [-0.2, 0) is 13.1 Å². The normalized spacial score (nSPS) is 22.1. The molecule has 138 valence electrons. The standard InChI is InChI=1S/C21H22N4OS/c1-15-20(27-14-22-15)13-23-11-18-19(12-23)25(10-16-6-3-2-4-7-16)21(26)17-8-5-9-24(17)18/h2-9,14,18-19H,10-13H2,1H3/t18-,19+/m0/s1. The molecule has 2 aliphatic heterocycles. The predicted molar refractivity (Wildman–Crippen MR) is 106 cm³/mol. The Morgan fingerprint density at radius 1 is 1.07 bits per heavy atom. The summed E-state index contributed by atoms with van der Waals surface area (Å²) in [7, 11) is 0. The molecule has 3 aromatic rings. The highest BCUT2D eigenvalue weighted by Crippen LogP contribution is 2.35. The molecule has 0 spiro atoms. The minimum Gasteiger partial charge on any atom is -0.337 e. The zero-order chi connectivity index (χ0) is 18.4. The van der Waals surface area contributed by atoms with E-state index in [4.69, 9.17) is 0 Å². The Balaban J connectivity index is 1.45. The quantitative estimate of drug-likeness (QED) is 0.699. The smallest absolute Gasteiger partial charge is 0.271 e. The number of nitrogens with zero attached hydrogens (tertiary/aromatic N) is 4. The number of benzene rings is 1. The number of aryl methyl sites for hydroxylation is 1. The molecule has 1 amide bonds. The van der Waals surface area contributed by atoms with E-state index in [0.29, 0.717) is 12.6 Å². The second kappa shape index (κ2) is 6.62.